The Labute approximate surface area is 130 Å². The summed E-state index contributed by atoms with van der Waals surface area (Å²) >= 11 is 4.33. The van der Waals surface area contributed by atoms with Gasteiger partial charge < -0.3 is 4.98 Å². The van der Waals surface area contributed by atoms with E-state index in [2.05, 4.69) is 50.2 Å². The third-order valence-electron chi connectivity index (χ3n) is 3.15. The number of aromatic amines is 1. The van der Waals surface area contributed by atoms with E-state index < -0.39 is 0 Å². The maximum absolute atomic E-state index is 12.4. The summed E-state index contributed by atoms with van der Waals surface area (Å²) < 4.78 is 3.25. The molecule has 0 amide bonds. The fourth-order valence-electron chi connectivity index (χ4n) is 2.01. The number of fused-ring (bicyclic) bond motifs is 1. The fraction of sp³-hybridized carbons (Fsp3) is 0.333. The van der Waals surface area contributed by atoms with E-state index in [1.165, 1.54) is 4.57 Å². The quantitative estimate of drug-likeness (QED) is 0.689. The Balaban J connectivity index is 2.32. The zero-order chi connectivity index (χ0) is 12.9. The van der Waals surface area contributed by atoms with E-state index in [0.717, 1.165) is 20.0 Å². The van der Waals surface area contributed by atoms with Gasteiger partial charge in [-0.05, 0) is 76.1 Å². The van der Waals surface area contributed by atoms with Gasteiger partial charge in [0.05, 0.1) is 10.9 Å². The predicted molar refractivity (Wildman–Crippen MR) is 87.0 cm³/mol. The first kappa shape index (κ1) is 12.6. The Hall–Kier alpha value is -0.380. The molecule has 3 rings (SSSR count). The molecule has 0 atom stereocenters. The second-order valence-corrected chi connectivity index (χ2v) is 7.01. The number of halogens is 2. The van der Waals surface area contributed by atoms with Crippen molar-refractivity contribution in [3.05, 3.63) is 40.1 Å². The van der Waals surface area contributed by atoms with Crippen LogP contribution < -0.4 is 11.2 Å². The minimum atomic E-state index is -0.293. The number of aromatic nitrogens is 2. The average Bonchev–Trinajstić information content (AvgIpc) is 3.10. The monoisotopic (exact) mass is 468 g/mol. The Morgan fingerprint density at radius 1 is 1.28 bits per heavy atom. The van der Waals surface area contributed by atoms with Crippen molar-refractivity contribution in [2.75, 3.05) is 0 Å². The summed E-state index contributed by atoms with van der Waals surface area (Å²) in [7, 11) is 0. The summed E-state index contributed by atoms with van der Waals surface area (Å²) in [6, 6.07) is 3.78. The summed E-state index contributed by atoms with van der Waals surface area (Å²) in [5.74, 6) is 0.503. The molecule has 1 aromatic carbocycles. The lowest BCUT2D eigenvalue weighted by Gasteiger charge is -2.07. The second-order valence-electron chi connectivity index (χ2n) is 4.60. The van der Waals surface area contributed by atoms with Gasteiger partial charge in [0.15, 0.2) is 0 Å². The normalized spacial score (nSPS) is 15.2. The van der Waals surface area contributed by atoms with Crippen LogP contribution in [0.25, 0.3) is 10.9 Å². The van der Waals surface area contributed by atoms with Crippen LogP contribution in [-0.4, -0.2) is 9.55 Å². The van der Waals surface area contributed by atoms with Crippen molar-refractivity contribution in [1.82, 2.24) is 9.55 Å². The number of nitrogens with zero attached hydrogens (tertiary/aromatic N) is 1. The van der Waals surface area contributed by atoms with Gasteiger partial charge in [0.1, 0.15) is 0 Å². The SMILES string of the molecule is O=c1[nH]c2c(I)cc(I)cc2c(=O)n1CC1CC1. The third-order valence-corrected chi connectivity index (χ3v) is 4.62. The zero-order valence-corrected chi connectivity index (χ0v) is 13.7. The number of rotatable bonds is 2. The Bertz CT molecular complexity index is 744. The van der Waals surface area contributed by atoms with E-state index in [1.807, 2.05) is 12.1 Å². The van der Waals surface area contributed by atoms with Gasteiger partial charge in [-0.2, -0.15) is 0 Å². The van der Waals surface area contributed by atoms with Gasteiger partial charge in [0.25, 0.3) is 5.56 Å². The second kappa shape index (κ2) is 4.62. The smallest absolute Gasteiger partial charge is 0.306 e. The average molecular weight is 468 g/mol. The maximum atomic E-state index is 12.4. The molecule has 6 heteroatoms. The minimum absolute atomic E-state index is 0.169. The Kier molecular flexibility index (Phi) is 3.25. The molecule has 1 saturated carbocycles. The van der Waals surface area contributed by atoms with E-state index >= 15 is 0 Å². The fourth-order valence-corrected chi connectivity index (χ4v) is 3.99. The van der Waals surface area contributed by atoms with Crippen molar-refractivity contribution in [1.29, 1.82) is 0 Å². The van der Waals surface area contributed by atoms with E-state index in [4.69, 9.17) is 0 Å². The first-order chi connectivity index (χ1) is 8.56. The van der Waals surface area contributed by atoms with Gasteiger partial charge in [-0.15, -0.1) is 0 Å². The van der Waals surface area contributed by atoms with Gasteiger partial charge in [-0.25, -0.2) is 4.79 Å². The highest BCUT2D eigenvalue weighted by Crippen LogP contribution is 2.29. The molecule has 1 aliphatic carbocycles. The van der Waals surface area contributed by atoms with Crippen molar-refractivity contribution >= 4 is 56.1 Å². The van der Waals surface area contributed by atoms with Crippen LogP contribution in [0.5, 0.6) is 0 Å². The predicted octanol–water partition coefficient (Wildman–Crippen LogP) is 2.31. The first-order valence-corrected chi connectivity index (χ1v) is 7.84. The molecule has 1 N–H and O–H groups in total. The molecule has 0 saturated heterocycles. The number of hydrogen-bond donors (Lipinski definition) is 1. The summed E-state index contributed by atoms with van der Waals surface area (Å²) in [5, 5.41) is 0.603. The molecule has 1 aromatic heterocycles. The standard InChI is InChI=1S/C12H10I2N2O2/c13-7-3-8-10(9(14)4-7)15-12(18)16(11(8)17)5-6-1-2-6/h3-4,6H,1-2,5H2,(H,15,18). The van der Waals surface area contributed by atoms with Crippen LogP contribution in [0, 0.1) is 13.1 Å². The first-order valence-electron chi connectivity index (χ1n) is 5.68. The lowest BCUT2D eigenvalue weighted by Crippen LogP contribution is -2.35. The number of benzene rings is 1. The highest BCUT2D eigenvalue weighted by atomic mass is 127. The summed E-state index contributed by atoms with van der Waals surface area (Å²) in [6.45, 7) is 0.548. The third kappa shape index (κ3) is 2.24. The van der Waals surface area contributed by atoms with Crippen LogP contribution in [0.3, 0.4) is 0 Å². The van der Waals surface area contributed by atoms with Crippen LogP contribution in [0.15, 0.2) is 21.7 Å². The molecule has 1 heterocycles. The molecule has 94 valence electrons. The van der Waals surface area contributed by atoms with Gasteiger partial charge in [-0.1, -0.05) is 0 Å². The van der Waals surface area contributed by atoms with Crippen LogP contribution >= 0.6 is 45.2 Å². The van der Waals surface area contributed by atoms with Crippen LogP contribution in [0.1, 0.15) is 12.8 Å². The van der Waals surface area contributed by atoms with Crippen molar-refractivity contribution in [2.45, 2.75) is 19.4 Å². The molecule has 1 aliphatic rings. The lowest BCUT2D eigenvalue weighted by atomic mass is 10.2. The molecule has 0 spiro atoms. The van der Waals surface area contributed by atoms with Gasteiger partial charge in [0.2, 0.25) is 0 Å². The maximum Gasteiger partial charge on any atom is 0.328 e. The molecule has 0 radical (unpaired) electrons. The highest BCUT2D eigenvalue weighted by Gasteiger charge is 2.23. The van der Waals surface area contributed by atoms with E-state index in [-0.39, 0.29) is 11.2 Å². The van der Waals surface area contributed by atoms with Gasteiger partial charge in [0, 0.05) is 13.7 Å². The molecule has 0 unspecified atom stereocenters. The Morgan fingerprint density at radius 2 is 2.00 bits per heavy atom. The van der Waals surface area contributed by atoms with E-state index in [0.29, 0.717) is 23.4 Å². The number of nitrogens with one attached hydrogen (secondary N) is 1. The molecule has 18 heavy (non-hydrogen) atoms. The Morgan fingerprint density at radius 3 is 2.67 bits per heavy atom. The summed E-state index contributed by atoms with van der Waals surface area (Å²) in [6.07, 6.45) is 2.24. The van der Waals surface area contributed by atoms with Crippen molar-refractivity contribution in [3.63, 3.8) is 0 Å². The largest absolute Gasteiger partial charge is 0.328 e. The van der Waals surface area contributed by atoms with E-state index in [1.54, 1.807) is 0 Å². The molecule has 0 bridgehead atoms. The topological polar surface area (TPSA) is 54.9 Å². The summed E-state index contributed by atoms with van der Waals surface area (Å²) in [5.41, 5.74) is 0.189. The van der Waals surface area contributed by atoms with Crippen molar-refractivity contribution < 1.29 is 0 Å². The molecule has 2 aromatic rings. The van der Waals surface area contributed by atoms with Crippen LogP contribution in [-0.2, 0) is 6.54 Å². The van der Waals surface area contributed by atoms with Gasteiger partial charge in [-0.3, -0.25) is 9.36 Å². The number of hydrogen-bond acceptors (Lipinski definition) is 2. The molecular weight excluding hydrogens is 458 g/mol. The summed E-state index contributed by atoms with van der Waals surface area (Å²) in [4.78, 5) is 27.1. The van der Waals surface area contributed by atoms with Crippen LogP contribution in [0.2, 0.25) is 0 Å². The van der Waals surface area contributed by atoms with Crippen molar-refractivity contribution in [2.24, 2.45) is 5.92 Å². The lowest BCUT2D eigenvalue weighted by molar-refractivity contribution is 0.581. The molecule has 0 aliphatic heterocycles. The number of H-pyrrole nitrogens is 1. The zero-order valence-electron chi connectivity index (χ0n) is 9.37. The molecular formula is C12H10I2N2O2. The van der Waals surface area contributed by atoms with E-state index in [9.17, 15) is 9.59 Å². The molecule has 1 fully saturated rings. The van der Waals surface area contributed by atoms with Gasteiger partial charge >= 0.3 is 5.69 Å². The van der Waals surface area contributed by atoms with Crippen molar-refractivity contribution in [3.8, 4) is 0 Å². The minimum Gasteiger partial charge on any atom is -0.306 e. The highest BCUT2D eigenvalue weighted by molar-refractivity contribution is 14.1. The molecule has 4 nitrogen and oxygen atoms in total. The van der Waals surface area contributed by atoms with Crippen LogP contribution in [0.4, 0.5) is 0 Å².